The molecule has 0 bridgehead atoms. The molecule has 1 fully saturated rings. The van der Waals surface area contributed by atoms with Gasteiger partial charge in [0.2, 0.25) is 0 Å². The van der Waals surface area contributed by atoms with Crippen molar-refractivity contribution in [2.24, 2.45) is 0 Å². The van der Waals surface area contributed by atoms with Gasteiger partial charge in [0.15, 0.2) is 0 Å². The van der Waals surface area contributed by atoms with E-state index in [1.165, 1.54) is 22.1 Å². The molecule has 1 saturated carbocycles. The molecule has 0 aliphatic heterocycles. The van der Waals surface area contributed by atoms with Gasteiger partial charge in [-0.25, -0.2) is 8.42 Å². The van der Waals surface area contributed by atoms with E-state index >= 15 is 0 Å². The topological polar surface area (TPSA) is 40.6 Å². The van der Waals surface area contributed by atoms with Crippen LogP contribution in [0.5, 0.6) is 0 Å². The van der Waals surface area contributed by atoms with Gasteiger partial charge in [0, 0.05) is 25.0 Å². The van der Waals surface area contributed by atoms with Crippen molar-refractivity contribution >= 4 is 33.0 Å². The Bertz CT molecular complexity index is 565. The van der Waals surface area contributed by atoms with Crippen LogP contribution in [0, 0.1) is 0 Å². The number of thiophene rings is 1. The van der Waals surface area contributed by atoms with Gasteiger partial charge in [-0.15, -0.1) is 22.9 Å². The molecule has 4 nitrogen and oxygen atoms in total. The Morgan fingerprint density at radius 3 is 2.40 bits per heavy atom. The summed E-state index contributed by atoms with van der Waals surface area (Å²) in [4.78, 5) is 2.15. The molecule has 0 aromatic carbocycles. The van der Waals surface area contributed by atoms with E-state index in [9.17, 15) is 8.42 Å². The zero-order valence-electron chi connectivity index (χ0n) is 12.1. The largest absolute Gasteiger partial charge is 0.302 e. The van der Waals surface area contributed by atoms with Crippen LogP contribution in [0.15, 0.2) is 15.7 Å². The van der Waals surface area contributed by atoms with Crippen LogP contribution in [0.2, 0.25) is 0 Å². The third kappa shape index (κ3) is 2.90. The van der Waals surface area contributed by atoms with Crippen molar-refractivity contribution in [3.63, 3.8) is 0 Å². The molecule has 0 N–H and O–H groups in total. The SMILES string of the molecule is CN(C)C1(CN(C)S(=O)(=O)c2cc(CCl)cs2)CCC1. The zero-order chi connectivity index (χ0) is 15.0. The molecular weight excluding hydrogens is 316 g/mol. The Hall–Kier alpha value is -0.140. The third-order valence-corrected chi connectivity index (χ3v) is 7.77. The fourth-order valence-corrected chi connectivity index (χ4v) is 5.46. The number of halogens is 1. The first-order valence-corrected chi connectivity index (χ1v) is 9.44. The number of likely N-dealkylation sites (N-methyl/N-ethyl adjacent to an activating group) is 2. The lowest BCUT2D eigenvalue weighted by Gasteiger charge is -2.48. The number of nitrogens with zero attached hydrogens (tertiary/aromatic N) is 2. The first-order chi connectivity index (χ1) is 9.32. The molecule has 7 heteroatoms. The van der Waals surface area contributed by atoms with Crippen LogP contribution in [0.25, 0.3) is 0 Å². The highest BCUT2D eigenvalue weighted by Crippen LogP contribution is 2.38. The van der Waals surface area contributed by atoms with Crippen molar-refractivity contribution < 1.29 is 8.42 Å². The maximum atomic E-state index is 12.6. The highest BCUT2D eigenvalue weighted by Gasteiger charge is 2.42. The molecule has 0 amide bonds. The molecule has 1 aliphatic carbocycles. The van der Waals surface area contributed by atoms with E-state index in [1.54, 1.807) is 18.5 Å². The summed E-state index contributed by atoms with van der Waals surface area (Å²) in [6, 6.07) is 1.67. The van der Waals surface area contributed by atoms with Crippen LogP contribution in [-0.2, 0) is 15.9 Å². The van der Waals surface area contributed by atoms with Crippen LogP contribution in [0.4, 0.5) is 0 Å². The summed E-state index contributed by atoms with van der Waals surface area (Å²) in [6.45, 7) is 0.538. The molecule has 0 radical (unpaired) electrons. The lowest BCUT2D eigenvalue weighted by Crippen LogP contribution is -2.57. The second-order valence-corrected chi connectivity index (χ2v) is 9.09. The highest BCUT2D eigenvalue weighted by molar-refractivity contribution is 7.91. The summed E-state index contributed by atoms with van der Waals surface area (Å²) in [5.74, 6) is 0.345. The van der Waals surface area contributed by atoms with E-state index in [-0.39, 0.29) is 5.54 Å². The minimum atomic E-state index is -3.40. The fourth-order valence-electron chi connectivity index (χ4n) is 2.54. The molecule has 0 unspecified atom stereocenters. The number of hydrogen-bond acceptors (Lipinski definition) is 4. The Kier molecular flexibility index (Phi) is 4.81. The monoisotopic (exact) mass is 336 g/mol. The van der Waals surface area contributed by atoms with Gasteiger partial charge in [0.05, 0.1) is 0 Å². The second-order valence-electron chi connectivity index (χ2n) is 5.64. The second kappa shape index (κ2) is 5.93. The van der Waals surface area contributed by atoms with Crippen molar-refractivity contribution in [1.29, 1.82) is 0 Å². The fraction of sp³-hybridized carbons (Fsp3) is 0.692. The smallest absolute Gasteiger partial charge is 0.252 e. The number of hydrogen-bond donors (Lipinski definition) is 0. The van der Waals surface area contributed by atoms with Crippen molar-refractivity contribution in [1.82, 2.24) is 9.21 Å². The highest BCUT2D eigenvalue weighted by atomic mass is 35.5. The van der Waals surface area contributed by atoms with Gasteiger partial charge in [-0.2, -0.15) is 4.31 Å². The Morgan fingerprint density at radius 1 is 1.35 bits per heavy atom. The van der Waals surface area contributed by atoms with Crippen molar-refractivity contribution in [2.75, 3.05) is 27.7 Å². The molecule has 1 aromatic rings. The van der Waals surface area contributed by atoms with Crippen LogP contribution in [0.3, 0.4) is 0 Å². The summed E-state index contributed by atoms with van der Waals surface area (Å²) in [6.07, 6.45) is 3.27. The third-order valence-electron chi connectivity index (χ3n) is 4.20. The lowest BCUT2D eigenvalue weighted by molar-refractivity contribution is 0.0455. The Labute approximate surface area is 130 Å². The predicted octanol–water partition coefficient (Wildman–Crippen LogP) is 2.59. The maximum absolute atomic E-state index is 12.6. The van der Waals surface area contributed by atoms with Gasteiger partial charge < -0.3 is 4.90 Å². The summed E-state index contributed by atoms with van der Waals surface area (Å²) < 4.78 is 27.0. The van der Waals surface area contributed by atoms with Crippen LogP contribution >= 0.6 is 22.9 Å². The van der Waals surface area contributed by atoms with Gasteiger partial charge in [0.25, 0.3) is 10.0 Å². The first-order valence-electron chi connectivity index (χ1n) is 6.59. The summed E-state index contributed by atoms with van der Waals surface area (Å²) in [5, 5.41) is 1.80. The van der Waals surface area contributed by atoms with Gasteiger partial charge in [-0.3, -0.25) is 0 Å². The molecule has 114 valence electrons. The van der Waals surface area contributed by atoms with E-state index in [4.69, 9.17) is 11.6 Å². The van der Waals surface area contributed by atoms with E-state index in [0.717, 1.165) is 18.4 Å². The normalized spacial score (nSPS) is 18.5. The van der Waals surface area contributed by atoms with Gasteiger partial charge in [-0.05, 0) is 50.4 Å². The molecule has 1 heterocycles. The number of alkyl halides is 1. The molecule has 1 aliphatic rings. The standard InChI is InChI=1S/C13H21ClN2O2S2/c1-15(2)13(5-4-6-13)10-16(3)20(17,18)12-7-11(8-14)9-19-12/h7,9H,4-6,8,10H2,1-3H3. The van der Waals surface area contributed by atoms with Gasteiger partial charge in [0.1, 0.15) is 4.21 Å². The van der Waals surface area contributed by atoms with Crippen LogP contribution in [-0.4, -0.2) is 50.8 Å². The molecule has 0 atom stereocenters. The molecule has 20 heavy (non-hydrogen) atoms. The van der Waals surface area contributed by atoms with Crippen molar-refractivity contribution in [3.8, 4) is 0 Å². The quantitative estimate of drug-likeness (QED) is 0.750. The Balaban J connectivity index is 2.17. The van der Waals surface area contributed by atoms with Crippen molar-refractivity contribution in [2.45, 2.75) is 34.9 Å². The minimum absolute atomic E-state index is 0.00556. The average Bonchev–Trinajstić information content (AvgIpc) is 2.82. The van der Waals surface area contributed by atoms with Gasteiger partial charge in [-0.1, -0.05) is 0 Å². The summed E-state index contributed by atoms with van der Waals surface area (Å²) in [7, 11) is 2.31. The average molecular weight is 337 g/mol. The lowest BCUT2D eigenvalue weighted by atomic mass is 9.75. The van der Waals surface area contributed by atoms with E-state index in [2.05, 4.69) is 4.90 Å². The zero-order valence-corrected chi connectivity index (χ0v) is 14.5. The molecule has 0 spiro atoms. The number of sulfonamides is 1. The minimum Gasteiger partial charge on any atom is -0.302 e. The molecule has 1 aromatic heterocycles. The number of rotatable bonds is 6. The summed E-state index contributed by atoms with van der Waals surface area (Å²) in [5.41, 5.74) is 0.851. The predicted molar refractivity (Wildman–Crippen MR) is 84.0 cm³/mol. The summed E-state index contributed by atoms with van der Waals surface area (Å²) >= 11 is 6.98. The molecule has 0 saturated heterocycles. The molecular formula is C13H21ClN2O2S2. The van der Waals surface area contributed by atoms with E-state index in [0.29, 0.717) is 16.6 Å². The first kappa shape index (κ1) is 16.2. The van der Waals surface area contributed by atoms with Crippen LogP contribution < -0.4 is 0 Å². The van der Waals surface area contributed by atoms with E-state index in [1.807, 2.05) is 14.1 Å². The van der Waals surface area contributed by atoms with E-state index < -0.39 is 10.0 Å². The van der Waals surface area contributed by atoms with Crippen molar-refractivity contribution in [3.05, 3.63) is 17.0 Å². The Morgan fingerprint density at radius 2 is 2.00 bits per heavy atom. The maximum Gasteiger partial charge on any atom is 0.252 e. The molecule has 2 rings (SSSR count). The van der Waals surface area contributed by atoms with Gasteiger partial charge >= 0.3 is 0 Å². The van der Waals surface area contributed by atoms with Crippen LogP contribution in [0.1, 0.15) is 24.8 Å².